The van der Waals surface area contributed by atoms with Crippen molar-refractivity contribution >= 4 is 0 Å². The first-order valence-corrected chi connectivity index (χ1v) is 5.75. The van der Waals surface area contributed by atoms with E-state index in [-0.39, 0.29) is 6.61 Å². The molecule has 1 N–H and O–H groups in total. The van der Waals surface area contributed by atoms with E-state index in [2.05, 4.69) is 27.0 Å². The number of rotatable bonds is 4. The van der Waals surface area contributed by atoms with E-state index < -0.39 is 0 Å². The van der Waals surface area contributed by atoms with Crippen LogP contribution in [-0.4, -0.2) is 59.2 Å². The first-order valence-electron chi connectivity index (χ1n) is 5.75. The Labute approximate surface area is 96.5 Å². The number of pyridine rings is 1. The molecule has 4 heteroatoms. The van der Waals surface area contributed by atoms with E-state index in [4.69, 9.17) is 5.11 Å². The first-order chi connectivity index (χ1) is 7.88. The fourth-order valence-corrected chi connectivity index (χ4v) is 2.01. The number of hydrogen-bond acceptors (Lipinski definition) is 4. The largest absolute Gasteiger partial charge is 0.395 e. The van der Waals surface area contributed by atoms with Gasteiger partial charge in [-0.3, -0.25) is 14.8 Å². The molecule has 1 fully saturated rings. The summed E-state index contributed by atoms with van der Waals surface area (Å²) in [7, 11) is 0. The molecular weight excluding hydrogens is 202 g/mol. The van der Waals surface area contributed by atoms with Gasteiger partial charge >= 0.3 is 0 Å². The molecule has 1 aliphatic heterocycles. The van der Waals surface area contributed by atoms with Gasteiger partial charge in [0.1, 0.15) is 0 Å². The lowest BCUT2D eigenvalue weighted by Gasteiger charge is -2.34. The van der Waals surface area contributed by atoms with Gasteiger partial charge in [-0.2, -0.15) is 0 Å². The summed E-state index contributed by atoms with van der Waals surface area (Å²) in [5.74, 6) is 0. The van der Waals surface area contributed by atoms with Gasteiger partial charge in [-0.15, -0.1) is 0 Å². The second-order valence-corrected chi connectivity index (χ2v) is 4.14. The minimum atomic E-state index is 0.262. The second-order valence-electron chi connectivity index (χ2n) is 4.14. The smallest absolute Gasteiger partial charge is 0.0886 e. The van der Waals surface area contributed by atoms with Gasteiger partial charge < -0.3 is 5.11 Å². The van der Waals surface area contributed by atoms with E-state index in [1.165, 1.54) is 5.56 Å². The molecule has 87 valence electrons. The highest BCUT2D eigenvalue weighted by Crippen LogP contribution is 2.06. The fourth-order valence-electron chi connectivity index (χ4n) is 2.01. The summed E-state index contributed by atoms with van der Waals surface area (Å²) < 4.78 is 0. The van der Waals surface area contributed by atoms with Crippen LogP contribution in [-0.2, 0) is 6.54 Å². The van der Waals surface area contributed by atoms with Gasteiger partial charge in [0.25, 0.3) is 0 Å². The Kier molecular flexibility index (Phi) is 4.27. The zero-order valence-corrected chi connectivity index (χ0v) is 9.47. The van der Waals surface area contributed by atoms with E-state index in [1.54, 1.807) is 0 Å². The summed E-state index contributed by atoms with van der Waals surface area (Å²) in [5, 5.41) is 8.85. The van der Waals surface area contributed by atoms with E-state index in [9.17, 15) is 0 Å². The predicted molar refractivity (Wildman–Crippen MR) is 61.9 cm³/mol. The van der Waals surface area contributed by atoms with Gasteiger partial charge in [0, 0.05) is 45.5 Å². The van der Waals surface area contributed by atoms with Gasteiger partial charge in [0.05, 0.1) is 12.8 Å². The van der Waals surface area contributed by atoms with Crippen LogP contribution in [0.5, 0.6) is 0 Å². The molecule has 0 spiro atoms. The lowest BCUT2D eigenvalue weighted by molar-refractivity contribution is 0.108. The van der Waals surface area contributed by atoms with Crippen molar-refractivity contribution in [2.24, 2.45) is 0 Å². The maximum atomic E-state index is 8.85. The summed E-state index contributed by atoms with van der Waals surface area (Å²) in [4.78, 5) is 8.72. The average Bonchev–Trinajstić information content (AvgIpc) is 2.33. The molecule has 0 saturated carbocycles. The predicted octanol–water partition coefficient (Wildman–Crippen LogP) is -0.00831. The summed E-state index contributed by atoms with van der Waals surface area (Å²) in [6, 6.07) is 3.92. The molecule has 0 unspecified atom stereocenters. The molecule has 1 aromatic rings. The Morgan fingerprint density at radius 2 is 2.00 bits per heavy atom. The molecule has 1 aliphatic rings. The molecule has 0 aromatic carbocycles. The zero-order valence-electron chi connectivity index (χ0n) is 9.47. The van der Waals surface area contributed by atoms with E-state index >= 15 is 0 Å². The van der Waals surface area contributed by atoms with E-state index in [0.717, 1.165) is 39.3 Å². The molecule has 1 aromatic heterocycles. The number of aliphatic hydroxyl groups is 1. The number of aromatic nitrogens is 1. The van der Waals surface area contributed by atoms with Crippen LogP contribution in [0.3, 0.4) is 0 Å². The quantitative estimate of drug-likeness (QED) is 0.775. The number of hydrogen-bond donors (Lipinski definition) is 1. The molecule has 0 aliphatic carbocycles. The highest BCUT2D eigenvalue weighted by atomic mass is 16.3. The molecule has 2 rings (SSSR count). The lowest BCUT2D eigenvalue weighted by Crippen LogP contribution is -2.46. The Morgan fingerprint density at radius 1 is 1.25 bits per heavy atom. The van der Waals surface area contributed by atoms with Crippen molar-refractivity contribution < 1.29 is 5.11 Å². The number of β-amino-alcohol motifs (C(OH)–C–C–N with tert-alkyl or cyclic N) is 1. The standard InChI is InChI=1S/C12H18N3O/c16-9-8-14-4-6-15(7-5-14)11-12-2-1-3-13-10-12/h1-2,10,16H,4-9,11H2. The second kappa shape index (κ2) is 5.94. The molecule has 1 saturated heterocycles. The molecule has 4 nitrogen and oxygen atoms in total. The highest BCUT2D eigenvalue weighted by Gasteiger charge is 2.15. The molecular formula is C12H18N3O. The van der Waals surface area contributed by atoms with Gasteiger partial charge in [-0.1, -0.05) is 6.07 Å². The van der Waals surface area contributed by atoms with Crippen molar-refractivity contribution in [2.75, 3.05) is 39.3 Å². The summed E-state index contributed by atoms with van der Waals surface area (Å²) >= 11 is 0. The molecule has 0 atom stereocenters. The van der Waals surface area contributed by atoms with Crippen LogP contribution in [0.2, 0.25) is 0 Å². The Morgan fingerprint density at radius 3 is 2.62 bits per heavy atom. The monoisotopic (exact) mass is 220 g/mol. The highest BCUT2D eigenvalue weighted by molar-refractivity contribution is 5.07. The van der Waals surface area contributed by atoms with E-state index in [1.807, 2.05) is 12.3 Å². The lowest BCUT2D eigenvalue weighted by atomic mass is 10.2. The number of piperazine rings is 1. The molecule has 2 heterocycles. The van der Waals surface area contributed by atoms with Crippen LogP contribution in [0, 0.1) is 6.20 Å². The van der Waals surface area contributed by atoms with Crippen LogP contribution in [0.1, 0.15) is 5.56 Å². The van der Waals surface area contributed by atoms with Crippen molar-refractivity contribution in [3.05, 3.63) is 30.1 Å². The van der Waals surface area contributed by atoms with Gasteiger partial charge in [-0.05, 0) is 11.6 Å². The average molecular weight is 220 g/mol. The van der Waals surface area contributed by atoms with Crippen LogP contribution in [0.25, 0.3) is 0 Å². The number of nitrogens with zero attached hydrogens (tertiary/aromatic N) is 3. The third-order valence-corrected chi connectivity index (χ3v) is 2.96. The Bertz CT molecular complexity index is 296. The third-order valence-electron chi connectivity index (χ3n) is 2.96. The first kappa shape index (κ1) is 11.5. The van der Waals surface area contributed by atoms with Crippen molar-refractivity contribution in [1.82, 2.24) is 14.8 Å². The minimum Gasteiger partial charge on any atom is -0.395 e. The Balaban J connectivity index is 1.77. The molecule has 0 bridgehead atoms. The zero-order chi connectivity index (χ0) is 11.2. The van der Waals surface area contributed by atoms with Gasteiger partial charge in [0.15, 0.2) is 0 Å². The van der Waals surface area contributed by atoms with E-state index in [0.29, 0.717) is 0 Å². The van der Waals surface area contributed by atoms with Gasteiger partial charge in [0.2, 0.25) is 0 Å². The van der Waals surface area contributed by atoms with Crippen LogP contribution < -0.4 is 0 Å². The normalized spacial score (nSPS) is 18.8. The van der Waals surface area contributed by atoms with Crippen LogP contribution >= 0.6 is 0 Å². The topological polar surface area (TPSA) is 39.6 Å². The third kappa shape index (κ3) is 3.27. The molecule has 16 heavy (non-hydrogen) atoms. The molecule has 1 radical (unpaired) electrons. The summed E-state index contributed by atoms with van der Waals surface area (Å²) in [6.45, 7) is 6.26. The fraction of sp³-hybridized carbons (Fsp3) is 0.583. The van der Waals surface area contributed by atoms with Crippen molar-refractivity contribution in [3.63, 3.8) is 0 Å². The van der Waals surface area contributed by atoms with Crippen LogP contribution in [0.15, 0.2) is 18.3 Å². The summed E-state index contributed by atoms with van der Waals surface area (Å²) in [5.41, 5.74) is 1.24. The SMILES string of the molecule is OCCN1CCN(Cc2cc[c]nc2)CC1. The number of aliphatic hydroxyl groups excluding tert-OH is 1. The molecule has 0 amide bonds. The Hall–Kier alpha value is -0.970. The maximum absolute atomic E-state index is 8.85. The maximum Gasteiger partial charge on any atom is 0.0886 e. The van der Waals surface area contributed by atoms with Gasteiger partial charge in [-0.25, -0.2) is 0 Å². The summed E-state index contributed by atoms with van der Waals surface area (Å²) in [6.07, 6.45) is 4.66. The minimum absolute atomic E-state index is 0.262. The van der Waals surface area contributed by atoms with Crippen molar-refractivity contribution in [2.45, 2.75) is 6.54 Å². The van der Waals surface area contributed by atoms with Crippen molar-refractivity contribution in [3.8, 4) is 0 Å². The van der Waals surface area contributed by atoms with Crippen LogP contribution in [0.4, 0.5) is 0 Å². The van der Waals surface area contributed by atoms with Crippen molar-refractivity contribution in [1.29, 1.82) is 0 Å².